The zero-order valence-corrected chi connectivity index (χ0v) is 11.6. The second-order valence-corrected chi connectivity index (χ2v) is 5.01. The number of imide groups is 1. The maximum Gasteiger partial charge on any atom is 0.293 e. The molecule has 2 amide bonds. The number of halogens is 1. The van der Waals surface area contributed by atoms with Gasteiger partial charge < -0.3 is 10.5 Å². The summed E-state index contributed by atoms with van der Waals surface area (Å²) in [6, 6.07) is 4.32. The monoisotopic (exact) mass is 296 g/mol. The summed E-state index contributed by atoms with van der Waals surface area (Å²) in [5.41, 5.74) is 5.83. The summed E-state index contributed by atoms with van der Waals surface area (Å²) in [5, 5.41) is -0.360. The van der Waals surface area contributed by atoms with Gasteiger partial charge in [0.15, 0.2) is 11.6 Å². The summed E-state index contributed by atoms with van der Waals surface area (Å²) < 4.78 is 18.4. The third kappa shape index (κ3) is 2.83. The van der Waals surface area contributed by atoms with Crippen LogP contribution >= 0.6 is 11.8 Å². The van der Waals surface area contributed by atoms with Gasteiger partial charge in [0.2, 0.25) is 0 Å². The Hall–Kier alpha value is -1.86. The van der Waals surface area contributed by atoms with Crippen molar-refractivity contribution in [2.75, 3.05) is 20.2 Å². The van der Waals surface area contributed by atoms with Gasteiger partial charge in [0.1, 0.15) is 0 Å². The van der Waals surface area contributed by atoms with Crippen molar-refractivity contribution in [2.24, 2.45) is 5.73 Å². The van der Waals surface area contributed by atoms with Crippen molar-refractivity contribution in [3.05, 3.63) is 34.5 Å². The molecule has 1 aliphatic rings. The number of thioether (sulfide) groups is 1. The third-order valence-electron chi connectivity index (χ3n) is 2.70. The minimum Gasteiger partial charge on any atom is -0.494 e. The number of amides is 2. The molecule has 0 aliphatic carbocycles. The number of benzene rings is 1. The Morgan fingerprint density at radius 1 is 1.45 bits per heavy atom. The van der Waals surface area contributed by atoms with E-state index in [2.05, 4.69) is 0 Å². The number of nitrogens with zero attached hydrogens (tertiary/aromatic N) is 1. The van der Waals surface area contributed by atoms with Crippen molar-refractivity contribution in [3.63, 3.8) is 0 Å². The highest BCUT2D eigenvalue weighted by Gasteiger charge is 2.34. The van der Waals surface area contributed by atoms with E-state index < -0.39 is 11.7 Å². The fourth-order valence-corrected chi connectivity index (χ4v) is 2.61. The van der Waals surface area contributed by atoms with E-state index in [1.807, 2.05) is 0 Å². The molecule has 20 heavy (non-hydrogen) atoms. The van der Waals surface area contributed by atoms with Gasteiger partial charge in [-0.1, -0.05) is 6.07 Å². The van der Waals surface area contributed by atoms with Gasteiger partial charge >= 0.3 is 0 Å². The first-order valence-electron chi connectivity index (χ1n) is 5.85. The molecule has 0 bridgehead atoms. The van der Waals surface area contributed by atoms with Crippen LogP contribution in [-0.4, -0.2) is 36.2 Å². The minimum atomic E-state index is -0.526. The Morgan fingerprint density at radius 2 is 2.20 bits per heavy atom. The first-order chi connectivity index (χ1) is 9.56. The largest absolute Gasteiger partial charge is 0.494 e. The number of hydrogen-bond donors (Lipinski definition) is 1. The Labute approximate surface area is 119 Å². The molecule has 106 valence electrons. The van der Waals surface area contributed by atoms with E-state index in [4.69, 9.17) is 10.5 Å². The first-order valence-corrected chi connectivity index (χ1v) is 6.67. The molecular formula is C13H13FN2O3S. The van der Waals surface area contributed by atoms with Crippen LogP contribution in [0.1, 0.15) is 5.56 Å². The topological polar surface area (TPSA) is 72.6 Å². The molecule has 1 saturated heterocycles. The highest BCUT2D eigenvalue weighted by Crippen LogP contribution is 2.32. The SMILES string of the molecule is COc1ccc(C=C2SC(=O)N(CCN)C2=O)cc1F. The van der Waals surface area contributed by atoms with Crippen molar-refractivity contribution in [1.29, 1.82) is 0 Å². The van der Waals surface area contributed by atoms with Gasteiger partial charge in [0, 0.05) is 13.1 Å². The van der Waals surface area contributed by atoms with Crippen molar-refractivity contribution in [3.8, 4) is 5.75 Å². The third-order valence-corrected chi connectivity index (χ3v) is 3.61. The quantitative estimate of drug-likeness (QED) is 0.858. The first kappa shape index (κ1) is 14.5. The lowest BCUT2D eigenvalue weighted by atomic mass is 10.2. The second-order valence-electron chi connectivity index (χ2n) is 4.02. The van der Waals surface area contributed by atoms with Crippen molar-refractivity contribution in [1.82, 2.24) is 4.90 Å². The van der Waals surface area contributed by atoms with Crippen LogP contribution < -0.4 is 10.5 Å². The number of methoxy groups -OCH3 is 1. The predicted molar refractivity (Wildman–Crippen MR) is 74.7 cm³/mol. The molecule has 2 rings (SSSR count). The normalized spacial score (nSPS) is 17.1. The molecule has 0 saturated carbocycles. The van der Waals surface area contributed by atoms with Crippen LogP contribution in [0.25, 0.3) is 6.08 Å². The summed E-state index contributed by atoms with van der Waals surface area (Å²) in [7, 11) is 1.37. The van der Waals surface area contributed by atoms with Crippen LogP contribution in [0.5, 0.6) is 5.75 Å². The number of hydrogen-bond acceptors (Lipinski definition) is 5. The maximum absolute atomic E-state index is 13.6. The molecule has 0 radical (unpaired) electrons. The standard InChI is InChI=1S/C13H13FN2O3S/c1-19-10-3-2-8(6-9(10)14)7-11-12(17)16(5-4-15)13(18)20-11/h2-3,6-7H,4-5,15H2,1H3. The lowest BCUT2D eigenvalue weighted by molar-refractivity contribution is -0.122. The van der Waals surface area contributed by atoms with Gasteiger partial charge in [0.25, 0.3) is 11.1 Å². The van der Waals surface area contributed by atoms with Crippen LogP contribution in [-0.2, 0) is 4.79 Å². The molecule has 1 heterocycles. The van der Waals surface area contributed by atoms with E-state index in [0.717, 1.165) is 16.7 Å². The molecular weight excluding hydrogens is 283 g/mol. The zero-order valence-electron chi connectivity index (χ0n) is 10.8. The van der Waals surface area contributed by atoms with Gasteiger partial charge in [0.05, 0.1) is 12.0 Å². The molecule has 1 aliphatic heterocycles. The molecule has 0 atom stereocenters. The van der Waals surface area contributed by atoms with Crippen LogP contribution in [0.3, 0.4) is 0 Å². The summed E-state index contributed by atoms with van der Waals surface area (Å²) in [5.74, 6) is -0.803. The molecule has 5 nitrogen and oxygen atoms in total. The average molecular weight is 296 g/mol. The lowest BCUT2D eigenvalue weighted by Gasteiger charge is -2.09. The fraction of sp³-hybridized carbons (Fsp3) is 0.231. The molecule has 7 heteroatoms. The van der Waals surface area contributed by atoms with Crippen LogP contribution in [0.4, 0.5) is 9.18 Å². The van der Waals surface area contributed by atoms with Gasteiger partial charge in [-0.2, -0.15) is 0 Å². The Balaban J connectivity index is 2.26. The smallest absolute Gasteiger partial charge is 0.293 e. The Bertz CT molecular complexity index is 589. The molecule has 1 aromatic rings. The second kappa shape index (κ2) is 6.06. The van der Waals surface area contributed by atoms with Crippen LogP contribution in [0.2, 0.25) is 0 Å². The average Bonchev–Trinajstić information content (AvgIpc) is 2.67. The van der Waals surface area contributed by atoms with Crippen molar-refractivity contribution in [2.45, 2.75) is 0 Å². The number of ether oxygens (including phenoxy) is 1. The maximum atomic E-state index is 13.6. The zero-order chi connectivity index (χ0) is 14.7. The van der Waals surface area contributed by atoms with E-state index in [0.29, 0.717) is 5.56 Å². The summed E-state index contributed by atoms with van der Waals surface area (Å²) in [4.78, 5) is 24.9. The van der Waals surface area contributed by atoms with Crippen LogP contribution in [0.15, 0.2) is 23.1 Å². The molecule has 1 fully saturated rings. The van der Waals surface area contributed by atoms with Crippen molar-refractivity contribution >= 4 is 29.0 Å². The predicted octanol–water partition coefficient (Wildman–Crippen LogP) is 1.83. The Morgan fingerprint density at radius 3 is 2.80 bits per heavy atom. The van der Waals surface area contributed by atoms with E-state index >= 15 is 0 Å². The lowest BCUT2D eigenvalue weighted by Crippen LogP contribution is -2.33. The van der Waals surface area contributed by atoms with Crippen LogP contribution in [0, 0.1) is 5.82 Å². The van der Waals surface area contributed by atoms with Crippen molar-refractivity contribution < 1.29 is 18.7 Å². The summed E-state index contributed by atoms with van der Waals surface area (Å²) >= 11 is 0.822. The highest BCUT2D eigenvalue weighted by molar-refractivity contribution is 8.18. The van der Waals surface area contributed by atoms with Gasteiger partial charge in [-0.25, -0.2) is 4.39 Å². The molecule has 0 unspecified atom stereocenters. The molecule has 0 aromatic heterocycles. The summed E-state index contributed by atoms with van der Waals surface area (Å²) in [6.07, 6.45) is 1.48. The molecule has 2 N–H and O–H groups in total. The van der Waals surface area contributed by atoms with Gasteiger partial charge in [-0.3, -0.25) is 14.5 Å². The number of carbonyl (C=O) groups is 2. The van der Waals surface area contributed by atoms with Gasteiger partial charge in [-0.05, 0) is 35.5 Å². The fourth-order valence-electron chi connectivity index (χ4n) is 1.75. The summed E-state index contributed by atoms with van der Waals surface area (Å²) in [6.45, 7) is 0.390. The minimum absolute atomic E-state index is 0.124. The van der Waals surface area contributed by atoms with E-state index in [1.54, 1.807) is 6.07 Å². The molecule has 1 aromatic carbocycles. The van der Waals surface area contributed by atoms with Gasteiger partial charge in [-0.15, -0.1) is 0 Å². The van der Waals surface area contributed by atoms with E-state index in [-0.39, 0.29) is 29.0 Å². The van der Waals surface area contributed by atoms with E-state index in [9.17, 15) is 14.0 Å². The number of carbonyl (C=O) groups excluding carboxylic acids is 2. The number of nitrogens with two attached hydrogens (primary N) is 1. The Kier molecular flexibility index (Phi) is 4.41. The highest BCUT2D eigenvalue weighted by atomic mass is 32.2. The van der Waals surface area contributed by atoms with E-state index in [1.165, 1.54) is 25.3 Å². The number of rotatable bonds is 4. The molecule has 0 spiro atoms.